The van der Waals surface area contributed by atoms with Crippen LogP contribution in [0.5, 0.6) is 0 Å². The first-order chi connectivity index (χ1) is 12.8. The second-order valence-corrected chi connectivity index (χ2v) is 5.91. The SMILES string of the molecule is C=C/C(=C\C=C/C)c1ccc(N(c2ccccc2)c2ccccc2)cc1. The molecule has 1 nitrogen and oxygen atoms in total. The van der Waals surface area contributed by atoms with Crippen LogP contribution in [0.1, 0.15) is 12.5 Å². The number of nitrogens with zero attached hydrogens (tertiary/aromatic N) is 1. The van der Waals surface area contributed by atoms with Crippen molar-refractivity contribution in [3.63, 3.8) is 0 Å². The highest BCUT2D eigenvalue weighted by atomic mass is 15.1. The molecule has 1 heteroatoms. The zero-order chi connectivity index (χ0) is 18.2. The van der Waals surface area contributed by atoms with E-state index in [0.29, 0.717) is 0 Å². The maximum Gasteiger partial charge on any atom is 0.0462 e. The molecule has 128 valence electrons. The number of anilines is 3. The van der Waals surface area contributed by atoms with Crippen molar-refractivity contribution in [2.75, 3.05) is 4.90 Å². The summed E-state index contributed by atoms with van der Waals surface area (Å²) in [5, 5.41) is 0. The van der Waals surface area contributed by atoms with Gasteiger partial charge in [0.25, 0.3) is 0 Å². The first-order valence-electron chi connectivity index (χ1n) is 8.79. The number of allylic oxidation sites excluding steroid dienone is 5. The van der Waals surface area contributed by atoms with E-state index in [9.17, 15) is 0 Å². The van der Waals surface area contributed by atoms with Crippen LogP contribution in [0.2, 0.25) is 0 Å². The van der Waals surface area contributed by atoms with Crippen molar-refractivity contribution >= 4 is 22.6 Å². The third kappa shape index (κ3) is 4.01. The van der Waals surface area contributed by atoms with Crippen LogP contribution in [-0.4, -0.2) is 0 Å². The first kappa shape index (κ1) is 17.5. The summed E-state index contributed by atoms with van der Waals surface area (Å²) in [5.74, 6) is 0. The van der Waals surface area contributed by atoms with Gasteiger partial charge >= 0.3 is 0 Å². The maximum atomic E-state index is 3.93. The van der Waals surface area contributed by atoms with Crippen LogP contribution in [0.15, 0.2) is 116 Å². The van der Waals surface area contributed by atoms with Crippen LogP contribution in [-0.2, 0) is 0 Å². The molecule has 0 aliphatic heterocycles. The maximum absolute atomic E-state index is 3.93. The molecule has 0 fully saturated rings. The molecule has 0 unspecified atom stereocenters. The molecule has 3 rings (SSSR count). The Hall–Kier alpha value is -3.32. The van der Waals surface area contributed by atoms with Gasteiger partial charge in [0, 0.05) is 17.1 Å². The van der Waals surface area contributed by atoms with E-state index in [1.54, 1.807) is 0 Å². The predicted molar refractivity (Wildman–Crippen MR) is 114 cm³/mol. The van der Waals surface area contributed by atoms with Crippen LogP contribution in [0.3, 0.4) is 0 Å². The van der Waals surface area contributed by atoms with Crippen LogP contribution in [0, 0.1) is 0 Å². The molecule has 0 aliphatic rings. The smallest absolute Gasteiger partial charge is 0.0462 e. The van der Waals surface area contributed by atoms with Crippen molar-refractivity contribution in [3.05, 3.63) is 121 Å². The number of rotatable bonds is 6. The second-order valence-electron chi connectivity index (χ2n) is 5.91. The van der Waals surface area contributed by atoms with Crippen molar-refractivity contribution in [2.45, 2.75) is 6.92 Å². The molecule has 3 aromatic carbocycles. The molecule has 0 spiro atoms. The van der Waals surface area contributed by atoms with Gasteiger partial charge in [-0.2, -0.15) is 0 Å². The van der Waals surface area contributed by atoms with E-state index in [-0.39, 0.29) is 0 Å². The topological polar surface area (TPSA) is 3.24 Å². The Morgan fingerprint density at radius 2 is 1.23 bits per heavy atom. The van der Waals surface area contributed by atoms with Crippen molar-refractivity contribution in [1.82, 2.24) is 0 Å². The van der Waals surface area contributed by atoms with E-state index in [0.717, 1.165) is 28.2 Å². The van der Waals surface area contributed by atoms with Gasteiger partial charge in [-0.3, -0.25) is 0 Å². The molecule has 0 heterocycles. The summed E-state index contributed by atoms with van der Waals surface area (Å²) in [4.78, 5) is 2.26. The Labute approximate surface area is 156 Å². The van der Waals surface area contributed by atoms with Crippen LogP contribution in [0.4, 0.5) is 17.1 Å². The summed E-state index contributed by atoms with van der Waals surface area (Å²) < 4.78 is 0. The van der Waals surface area contributed by atoms with E-state index < -0.39 is 0 Å². The van der Waals surface area contributed by atoms with Gasteiger partial charge in [-0.25, -0.2) is 0 Å². The minimum atomic E-state index is 1.11. The lowest BCUT2D eigenvalue weighted by Gasteiger charge is -2.25. The molecule has 0 bridgehead atoms. The fraction of sp³-hybridized carbons (Fsp3) is 0.0400. The monoisotopic (exact) mass is 337 g/mol. The summed E-state index contributed by atoms with van der Waals surface area (Å²) in [6.45, 7) is 5.94. The van der Waals surface area contributed by atoms with Gasteiger partial charge in [-0.15, -0.1) is 0 Å². The van der Waals surface area contributed by atoms with Gasteiger partial charge in [0.05, 0.1) is 0 Å². The van der Waals surface area contributed by atoms with Gasteiger partial charge in [0.2, 0.25) is 0 Å². The van der Waals surface area contributed by atoms with Gasteiger partial charge < -0.3 is 4.90 Å². The fourth-order valence-electron chi connectivity index (χ4n) is 2.89. The molecule has 0 atom stereocenters. The number of benzene rings is 3. The Bertz CT molecular complexity index is 848. The van der Waals surface area contributed by atoms with Gasteiger partial charge in [0.15, 0.2) is 0 Å². The Morgan fingerprint density at radius 3 is 1.69 bits per heavy atom. The van der Waals surface area contributed by atoms with E-state index in [2.05, 4.69) is 90.4 Å². The van der Waals surface area contributed by atoms with Crippen molar-refractivity contribution in [2.24, 2.45) is 0 Å². The lowest BCUT2D eigenvalue weighted by atomic mass is 10.0. The molecule has 0 amide bonds. The van der Waals surface area contributed by atoms with Crippen molar-refractivity contribution < 1.29 is 0 Å². The number of para-hydroxylation sites is 2. The lowest BCUT2D eigenvalue weighted by Crippen LogP contribution is -2.09. The van der Waals surface area contributed by atoms with Gasteiger partial charge in [-0.1, -0.05) is 79.4 Å². The summed E-state index contributed by atoms with van der Waals surface area (Å²) in [5.41, 5.74) is 5.67. The average Bonchev–Trinajstić information content (AvgIpc) is 2.71. The average molecular weight is 337 g/mol. The minimum Gasteiger partial charge on any atom is -0.311 e. The zero-order valence-electron chi connectivity index (χ0n) is 15.0. The quantitative estimate of drug-likeness (QED) is 0.426. The third-order valence-corrected chi connectivity index (χ3v) is 4.18. The molecule has 0 N–H and O–H groups in total. The summed E-state index contributed by atoms with van der Waals surface area (Å²) >= 11 is 0. The van der Waals surface area contributed by atoms with Crippen molar-refractivity contribution in [1.29, 1.82) is 0 Å². The van der Waals surface area contributed by atoms with E-state index >= 15 is 0 Å². The Kier molecular flexibility index (Phi) is 5.84. The molecule has 0 aliphatic carbocycles. The highest BCUT2D eigenvalue weighted by Crippen LogP contribution is 2.34. The minimum absolute atomic E-state index is 1.11. The Balaban J connectivity index is 2.02. The number of hydrogen-bond donors (Lipinski definition) is 0. The van der Waals surface area contributed by atoms with Crippen LogP contribution < -0.4 is 4.90 Å². The van der Waals surface area contributed by atoms with Crippen LogP contribution >= 0.6 is 0 Å². The third-order valence-electron chi connectivity index (χ3n) is 4.18. The molecule has 26 heavy (non-hydrogen) atoms. The highest BCUT2D eigenvalue weighted by molar-refractivity contribution is 5.79. The molecule has 0 saturated heterocycles. The molecule has 3 aromatic rings. The molecular weight excluding hydrogens is 314 g/mol. The number of hydrogen-bond acceptors (Lipinski definition) is 1. The standard InChI is InChI=1S/C25H23N/c1-3-5-12-21(4-2)22-17-19-25(20-18-22)26(23-13-8-6-9-14-23)24-15-10-7-11-16-24/h3-20H,2H2,1H3/b5-3-,21-12+. The van der Waals surface area contributed by atoms with Crippen LogP contribution in [0.25, 0.3) is 5.57 Å². The molecular formula is C25H23N. The highest BCUT2D eigenvalue weighted by Gasteiger charge is 2.11. The zero-order valence-corrected chi connectivity index (χ0v) is 15.0. The summed E-state index contributed by atoms with van der Waals surface area (Å²) in [6.07, 6.45) is 8.02. The van der Waals surface area contributed by atoms with E-state index in [4.69, 9.17) is 0 Å². The normalized spacial score (nSPS) is 11.5. The molecule has 0 saturated carbocycles. The predicted octanol–water partition coefficient (Wildman–Crippen LogP) is 7.30. The van der Waals surface area contributed by atoms with Gasteiger partial charge in [-0.05, 0) is 54.5 Å². The lowest BCUT2D eigenvalue weighted by molar-refractivity contribution is 1.28. The van der Waals surface area contributed by atoms with E-state index in [1.165, 1.54) is 0 Å². The van der Waals surface area contributed by atoms with E-state index in [1.807, 2.05) is 37.3 Å². The van der Waals surface area contributed by atoms with Gasteiger partial charge in [0.1, 0.15) is 0 Å². The summed E-state index contributed by atoms with van der Waals surface area (Å²) in [7, 11) is 0. The second kappa shape index (κ2) is 8.68. The Morgan fingerprint density at radius 1 is 0.731 bits per heavy atom. The molecule has 0 aromatic heterocycles. The fourth-order valence-corrected chi connectivity index (χ4v) is 2.89. The first-order valence-corrected chi connectivity index (χ1v) is 8.79. The summed E-state index contributed by atoms with van der Waals surface area (Å²) in [6, 6.07) is 29.4. The largest absolute Gasteiger partial charge is 0.311 e. The molecule has 0 radical (unpaired) electrons. The van der Waals surface area contributed by atoms with Crippen molar-refractivity contribution in [3.8, 4) is 0 Å².